The number of nitrogens with one attached hydrogen (secondary N) is 1. The van der Waals surface area contributed by atoms with Crippen molar-refractivity contribution in [3.8, 4) is 0 Å². The van der Waals surface area contributed by atoms with Crippen LogP contribution < -0.4 is 5.56 Å². The van der Waals surface area contributed by atoms with E-state index in [9.17, 15) is 4.79 Å². The van der Waals surface area contributed by atoms with Crippen molar-refractivity contribution >= 4 is 22.4 Å². The van der Waals surface area contributed by atoms with Gasteiger partial charge in [-0.05, 0) is 13.0 Å². The largest absolute Gasteiger partial charge is 0.327 e. The summed E-state index contributed by atoms with van der Waals surface area (Å²) in [6.45, 7) is 5.94. The summed E-state index contributed by atoms with van der Waals surface area (Å²) in [5.41, 5.74) is 0.961. The first-order valence-corrected chi connectivity index (χ1v) is 5.34. The molecule has 0 aliphatic heterocycles. The van der Waals surface area contributed by atoms with Crippen LogP contribution in [-0.2, 0) is 0 Å². The second kappa shape index (κ2) is 4.99. The van der Waals surface area contributed by atoms with Gasteiger partial charge in [0.2, 0.25) is 0 Å². The fourth-order valence-electron chi connectivity index (χ4n) is 1.34. The Hall–Kier alpha value is -1.28. The summed E-state index contributed by atoms with van der Waals surface area (Å²) in [7, 11) is 0. The van der Waals surface area contributed by atoms with Crippen LogP contribution in [0.1, 0.15) is 19.4 Å². The number of aromatic amines is 1. The van der Waals surface area contributed by atoms with E-state index in [-0.39, 0.29) is 5.56 Å². The molecule has 0 aliphatic carbocycles. The Morgan fingerprint density at radius 2 is 1.87 bits per heavy atom. The molecule has 0 spiro atoms. The molecule has 0 fully saturated rings. The van der Waals surface area contributed by atoms with Crippen LogP contribution in [0.5, 0.6) is 0 Å². The normalized spacial score (nSPS) is 9.60. The van der Waals surface area contributed by atoms with Gasteiger partial charge < -0.3 is 4.98 Å². The highest BCUT2D eigenvalue weighted by atomic mass is 35.5. The Morgan fingerprint density at radius 3 is 2.53 bits per heavy atom. The lowest BCUT2D eigenvalue weighted by atomic mass is 10.1. The van der Waals surface area contributed by atoms with Crippen molar-refractivity contribution in [3.63, 3.8) is 0 Å². The molecule has 0 saturated carbocycles. The lowest BCUT2D eigenvalue weighted by Crippen LogP contribution is -2.04. The van der Waals surface area contributed by atoms with Crippen molar-refractivity contribution in [2.75, 3.05) is 0 Å². The van der Waals surface area contributed by atoms with Crippen LogP contribution in [0.2, 0.25) is 5.02 Å². The predicted octanol–water partition coefficient (Wildman–Crippen LogP) is 3.52. The van der Waals surface area contributed by atoms with E-state index in [1.54, 1.807) is 0 Å². The zero-order chi connectivity index (χ0) is 11.4. The van der Waals surface area contributed by atoms with Crippen LogP contribution in [0.15, 0.2) is 29.2 Å². The summed E-state index contributed by atoms with van der Waals surface area (Å²) in [5.74, 6) is 0. The molecule has 2 nitrogen and oxygen atoms in total. The third kappa shape index (κ3) is 2.39. The predicted molar refractivity (Wildman–Crippen MR) is 65.7 cm³/mol. The second-order valence-corrected chi connectivity index (χ2v) is 3.42. The zero-order valence-corrected chi connectivity index (χ0v) is 9.85. The molecule has 1 heterocycles. The van der Waals surface area contributed by atoms with Crippen LogP contribution in [0.3, 0.4) is 0 Å². The molecule has 0 radical (unpaired) electrons. The van der Waals surface area contributed by atoms with Crippen LogP contribution in [0.25, 0.3) is 10.8 Å². The minimum atomic E-state index is -0.0944. The molecule has 1 N–H and O–H groups in total. The van der Waals surface area contributed by atoms with Gasteiger partial charge in [-0.15, -0.1) is 0 Å². The average molecular weight is 224 g/mol. The van der Waals surface area contributed by atoms with Gasteiger partial charge >= 0.3 is 0 Å². The summed E-state index contributed by atoms with van der Waals surface area (Å²) < 4.78 is 0. The first kappa shape index (κ1) is 11.8. The van der Waals surface area contributed by atoms with Crippen LogP contribution in [-0.4, -0.2) is 4.98 Å². The summed E-state index contributed by atoms with van der Waals surface area (Å²) in [6.07, 6.45) is 1.52. The molecule has 0 amide bonds. The number of halogens is 1. The van der Waals surface area contributed by atoms with Crippen LogP contribution in [0.4, 0.5) is 0 Å². The van der Waals surface area contributed by atoms with Crippen LogP contribution in [0, 0.1) is 6.92 Å². The summed E-state index contributed by atoms with van der Waals surface area (Å²) in [6, 6.07) is 5.63. The number of hydrogen-bond acceptors (Lipinski definition) is 1. The number of fused-ring (bicyclic) bond motifs is 1. The van der Waals surface area contributed by atoms with E-state index in [0.29, 0.717) is 10.4 Å². The number of H-pyrrole nitrogens is 1. The number of aromatic nitrogens is 1. The molecule has 80 valence electrons. The molecule has 2 rings (SSSR count). The SMILES string of the molecule is CC.Cc1ccc2c(Cl)c[nH]c(=O)c2c1. The van der Waals surface area contributed by atoms with E-state index in [1.165, 1.54) is 6.20 Å². The topological polar surface area (TPSA) is 32.9 Å². The minimum Gasteiger partial charge on any atom is -0.327 e. The maximum absolute atomic E-state index is 11.4. The van der Waals surface area contributed by atoms with E-state index in [1.807, 2.05) is 39.0 Å². The van der Waals surface area contributed by atoms with E-state index >= 15 is 0 Å². The lowest BCUT2D eigenvalue weighted by Gasteiger charge is -1.99. The monoisotopic (exact) mass is 223 g/mol. The molecule has 3 heteroatoms. The van der Waals surface area contributed by atoms with E-state index in [4.69, 9.17) is 11.6 Å². The Kier molecular flexibility index (Phi) is 3.92. The number of aryl methyl sites for hydroxylation is 1. The molecule has 1 aromatic heterocycles. The Morgan fingerprint density at radius 1 is 1.20 bits per heavy atom. The van der Waals surface area contributed by atoms with E-state index in [0.717, 1.165) is 10.9 Å². The van der Waals surface area contributed by atoms with Gasteiger partial charge in [0.1, 0.15) is 0 Å². The molecule has 0 aliphatic rings. The Balaban J connectivity index is 0.000000531. The van der Waals surface area contributed by atoms with Crippen molar-refractivity contribution in [2.24, 2.45) is 0 Å². The quantitative estimate of drug-likeness (QED) is 0.729. The van der Waals surface area contributed by atoms with Crippen molar-refractivity contribution in [1.82, 2.24) is 4.98 Å². The average Bonchev–Trinajstić information content (AvgIpc) is 2.27. The molecule has 0 atom stereocenters. The smallest absolute Gasteiger partial charge is 0.255 e. The highest BCUT2D eigenvalue weighted by Gasteiger charge is 2.01. The van der Waals surface area contributed by atoms with E-state index in [2.05, 4.69) is 4.98 Å². The molecule has 0 unspecified atom stereocenters. The van der Waals surface area contributed by atoms with Gasteiger partial charge in [0.25, 0.3) is 5.56 Å². The summed E-state index contributed by atoms with van der Waals surface area (Å²) in [5, 5.41) is 2.03. The third-order valence-electron chi connectivity index (χ3n) is 2.01. The standard InChI is InChI=1S/C10H8ClNO.C2H6/c1-6-2-3-7-8(4-6)10(13)12-5-9(7)11;1-2/h2-5H,1H3,(H,12,13);1-2H3. The van der Waals surface area contributed by atoms with Gasteiger partial charge in [0.15, 0.2) is 0 Å². The Bertz CT molecular complexity index is 517. The summed E-state index contributed by atoms with van der Waals surface area (Å²) >= 11 is 5.91. The maximum atomic E-state index is 11.4. The fourth-order valence-corrected chi connectivity index (χ4v) is 1.56. The van der Waals surface area contributed by atoms with Gasteiger partial charge in [-0.1, -0.05) is 43.1 Å². The second-order valence-electron chi connectivity index (χ2n) is 3.01. The fraction of sp³-hybridized carbons (Fsp3) is 0.250. The van der Waals surface area contributed by atoms with Crippen molar-refractivity contribution < 1.29 is 0 Å². The van der Waals surface area contributed by atoms with Gasteiger partial charge in [0, 0.05) is 17.0 Å². The van der Waals surface area contributed by atoms with E-state index < -0.39 is 0 Å². The van der Waals surface area contributed by atoms with Gasteiger partial charge in [0.05, 0.1) is 5.02 Å². The van der Waals surface area contributed by atoms with Gasteiger partial charge in [-0.3, -0.25) is 4.79 Å². The molecule has 15 heavy (non-hydrogen) atoms. The Labute approximate surface area is 93.9 Å². The number of hydrogen-bond donors (Lipinski definition) is 1. The van der Waals surface area contributed by atoms with Crippen molar-refractivity contribution in [1.29, 1.82) is 0 Å². The number of rotatable bonds is 0. The first-order valence-electron chi connectivity index (χ1n) is 4.96. The van der Waals surface area contributed by atoms with Crippen LogP contribution >= 0.6 is 11.6 Å². The lowest BCUT2D eigenvalue weighted by molar-refractivity contribution is 1.27. The molecular formula is C12H14ClNO. The molecule has 0 saturated heterocycles. The highest BCUT2D eigenvalue weighted by Crippen LogP contribution is 2.19. The zero-order valence-electron chi connectivity index (χ0n) is 9.10. The third-order valence-corrected chi connectivity index (χ3v) is 2.32. The molecule has 0 bridgehead atoms. The minimum absolute atomic E-state index is 0.0944. The highest BCUT2D eigenvalue weighted by molar-refractivity contribution is 6.35. The van der Waals surface area contributed by atoms with Crippen molar-refractivity contribution in [2.45, 2.75) is 20.8 Å². The molecule has 2 aromatic rings. The summed E-state index contributed by atoms with van der Waals surface area (Å²) in [4.78, 5) is 14.0. The molecule has 1 aromatic carbocycles. The molecular weight excluding hydrogens is 210 g/mol. The first-order chi connectivity index (χ1) is 7.18. The number of pyridine rings is 1. The van der Waals surface area contributed by atoms with Gasteiger partial charge in [-0.25, -0.2) is 0 Å². The maximum Gasteiger partial charge on any atom is 0.255 e. The van der Waals surface area contributed by atoms with Crippen molar-refractivity contribution in [3.05, 3.63) is 45.3 Å². The number of benzene rings is 1. The van der Waals surface area contributed by atoms with Gasteiger partial charge in [-0.2, -0.15) is 0 Å².